The smallest absolute Gasteiger partial charge is 0.323 e. The Morgan fingerprint density at radius 2 is 2.07 bits per heavy atom. The van der Waals surface area contributed by atoms with Crippen LogP contribution in [0.4, 0.5) is 9.93 Å². The Bertz CT molecular complexity index is 932. The molecule has 2 heterocycles. The van der Waals surface area contributed by atoms with Crippen LogP contribution in [0, 0.1) is 6.92 Å². The molecule has 0 unspecified atom stereocenters. The van der Waals surface area contributed by atoms with Gasteiger partial charge in [0, 0.05) is 6.54 Å². The first kappa shape index (κ1) is 17.9. The highest BCUT2D eigenvalue weighted by molar-refractivity contribution is 7.22. The average Bonchev–Trinajstić information content (AvgIpc) is 3.32. The molecule has 1 saturated heterocycles. The summed E-state index contributed by atoms with van der Waals surface area (Å²) in [6.07, 6.45) is 3.13. The van der Waals surface area contributed by atoms with Crippen molar-refractivity contribution in [2.45, 2.75) is 45.1 Å². The Hall–Kier alpha value is -2.48. The van der Waals surface area contributed by atoms with Crippen molar-refractivity contribution < 1.29 is 14.4 Å². The maximum Gasteiger partial charge on any atom is 0.325 e. The predicted octanol–water partition coefficient (Wildman–Crippen LogP) is 2.82. The highest BCUT2D eigenvalue weighted by atomic mass is 32.1. The molecule has 1 N–H and O–H groups in total. The summed E-state index contributed by atoms with van der Waals surface area (Å²) in [6, 6.07) is 5.46. The number of hydrogen-bond donors (Lipinski definition) is 1. The maximum absolute atomic E-state index is 12.9. The molecular weight excluding hydrogens is 364 g/mol. The van der Waals surface area contributed by atoms with Gasteiger partial charge in [-0.05, 0) is 38.3 Å². The summed E-state index contributed by atoms with van der Waals surface area (Å²) in [5.41, 5.74) is 1.14. The lowest BCUT2D eigenvalue weighted by Gasteiger charge is -2.22. The fraction of sp³-hybridized carbons (Fsp3) is 0.474. The standard InChI is InChI=1S/C19H22N4O3S/c1-3-22(18-20-15-12(2)7-6-8-13(15)27-18)14(24)11-23-16(25)19(21-17(23)26)9-4-5-10-19/h6-8H,3-5,9-11H2,1-2H3,(H,21,26). The number of anilines is 1. The molecule has 1 aromatic heterocycles. The normalized spacial score (nSPS) is 18.5. The van der Waals surface area contributed by atoms with Crippen LogP contribution in [0.15, 0.2) is 18.2 Å². The van der Waals surface area contributed by atoms with Crippen LogP contribution in [-0.4, -0.2) is 46.4 Å². The summed E-state index contributed by atoms with van der Waals surface area (Å²) in [5, 5.41) is 3.41. The first-order valence-corrected chi connectivity index (χ1v) is 10.1. The third kappa shape index (κ3) is 2.88. The number of benzene rings is 1. The number of carbonyl (C=O) groups excluding carboxylic acids is 3. The van der Waals surface area contributed by atoms with E-state index in [4.69, 9.17) is 0 Å². The van der Waals surface area contributed by atoms with E-state index in [1.807, 2.05) is 32.0 Å². The monoisotopic (exact) mass is 386 g/mol. The molecular formula is C19H22N4O3S. The molecule has 2 fully saturated rings. The van der Waals surface area contributed by atoms with Gasteiger partial charge in [0.05, 0.1) is 10.2 Å². The van der Waals surface area contributed by atoms with Gasteiger partial charge in [-0.3, -0.25) is 19.4 Å². The highest BCUT2D eigenvalue weighted by Crippen LogP contribution is 2.35. The molecule has 1 aromatic carbocycles. The van der Waals surface area contributed by atoms with Crippen molar-refractivity contribution >= 4 is 44.5 Å². The van der Waals surface area contributed by atoms with Crippen LogP contribution in [0.2, 0.25) is 0 Å². The minimum Gasteiger partial charge on any atom is -0.323 e. The van der Waals surface area contributed by atoms with E-state index in [-0.39, 0.29) is 18.4 Å². The largest absolute Gasteiger partial charge is 0.325 e. The minimum absolute atomic E-state index is 0.255. The maximum atomic E-state index is 12.9. The minimum atomic E-state index is -0.790. The van der Waals surface area contributed by atoms with Gasteiger partial charge in [0.2, 0.25) is 5.91 Å². The van der Waals surface area contributed by atoms with Crippen molar-refractivity contribution in [1.29, 1.82) is 0 Å². The lowest BCUT2D eigenvalue weighted by atomic mass is 9.98. The predicted molar refractivity (Wildman–Crippen MR) is 104 cm³/mol. The van der Waals surface area contributed by atoms with Crippen molar-refractivity contribution in [2.75, 3.05) is 18.0 Å². The van der Waals surface area contributed by atoms with Gasteiger partial charge >= 0.3 is 6.03 Å². The number of imide groups is 1. The highest BCUT2D eigenvalue weighted by Gasteiger charge is 2.52. The number of carbonyl (C=O) groups is 3. The summed E-state index contributed by atoms with van der Waals surface area (Å²) in [7, 11) is 0. The number of nitrogens with one attached hydrogen (secondary N) is 1. The first-order chi connectivity index (χ1) is 12.9. The van der Waals surface area contributed by atoms with Crippen molar-refractivity contribution in [2.24, 2.45) is 0 Å². The van der Waals surface area contributed by atoms with E-state index in [9.17, 15) is 14.4 Å². The molecule has 142 valence electrons. The number of aromatic nitrogens is 1. The summed E-state index contributed by atoms with van der Waals surface area (Å²) in [4.78, 5) is 45.2. The van der Waals surface area contributed by atoms with E-state index in [1.54, 1.807) is 4.90 Å². The van der Waals surface area contributed by atoms with Gasteiger partial charge in [0.1, 0.15) is 12.1 Å². The van der Waals surface area contributed by atoms with E-state index in [2.05, 4.69) is 10.3 Å². The fourth-order valence-electron chi connectivity index (χ4n) is 3.97. The zero-order valence-corrected chi connectivity index (χ0v) is 16.3. The zero-order valence-electron chi connectivity index (χ0n) is 15.4. The van der Waals surface area contributed by atoms with Gasteiger partial charge in [-0.2, -0.15) is 0 Å². The molecule has 4 rings (SSSR count). The van der Waals surface area contributed by atoms with Crippen molar-refractivity contribution in [1.82, 2.24) is 15.2 Å². The molecule has 0 atom stereocenters. The van der Waals surface area contributed by atoms with Gasteiger partial charge < -0.3 is 5.32 Å². The van der Waals surface area contributed by atoms with Crippen LogP contribution in [0.25, 0.3) is 10.2 Å². The average molecular weight is 386 g/mol. The number of hydrogen-bond acceptors (Lipinski definition) is 5. The number of fused-ring (bicyclic) bond motifs is 1. The fourth-order valence-corrected chi connectivity index (χ4v) is 5.09. The van der Waals surface area contributed by atoms with Crippen molar-refractivity contribution in [3.63, 3.8) is 0 Å². The Labute approximate surface area is 161 Å². The number of urea groups is 1. The third-order valence-corrected chi connectivity index (χ3v) is 6.50. The molecule has 27 heavy (non-hydrogen) atoms. The zero-order chi connectivity index (χ0) is 19.2. The number of nitrogens with zero attached hydrogens (tertiary/aromatic N) is 3. The summed E-state index contributed by atoms with van der Waals surface area (Å²) >= 11 is 1.44. The SMILES string of the molecule is CCN(C(=O)CN1C(=O)NC2(CCCC2)C1=O)c1nc2c(C)cccc2s1. The Kier molecular flexibility index (Phi) is 4.38. The van der Waals surface area contributed by atoms with Crippen LogP contribution in [0.5, 0.6) is 0 Å². The Balaban J connectivity index is 1.56. The van der Waals surface area contributed by atoms with Gasteiger partial charge in [0.25, 0.3) is 5.91 Å². The lowest BCUT2D eigenvalue weighted by molar-refractivity contribution is -0.134. The third-order valence-electron chi connectivity index (χ3n) is 5.45. The molecule has 0 radical (unpaired) electrons. The Morgan fingerprint density at radius 1 is 1.33 bits per heavy atom. The second-order valence-corrected chi connectivity index (χ2v) is 8.18. The van der Waals surface area contributed by atoms with E-state index in [1.165, 1.54) is 11.3 Å². The lowest BCUT2D eigenvalue weighted by Crippen LogP contribution is -2.46. The quantitative estimate of drug-likeness (QED) is 0.819. The van der Waals surface area contributed by atoms with Crippen LogP contribution < -0.4 is 10.2 Å². The molecule has 1 aliphatic heterocycles. The second-order valence-electron chi connectivity index (χ2n) is 7.17. The van der Waals surface area contributed by atoms with Gasteiger partial charge in [-0.15, -0.1) is 0 Å². The van der Waals surface area contributed by atoms with Gasteiger partial charge in [-0.1, -0.05) is 36.3 Å². The first-order valence-electron chi connectivity index (χ1n) is 9.26. The van der Waals surface area contributed by atoms with Gasteiger partial charge in [0.15, 0.2) is 5.13 Å². The summed E-state index contributed by atoms with van der Waals surface area (Å²) in [6.45, 7) is 4.01. The van der Waals surface area contributed by atoms with E-state index < -0.39 is 11.6 Å². The number of likely N-dealkylation sites (N-methyl/N-ethyl adjacent to an activating group) is 1. The van der Waals surface area contributed by atoms with E-state index >= 15 is 0 Å². The molecule has 8 heteroatoms. The summed E-state index contributed by atoms with van der Waals surface area (Å²) < 4.78 is 1.01. The summed E-state index contributed by atoms with van der Waals surface area (Å²) in [5.74, 6) is -0.567. The van der Waals surface area contributed by atoms with Crippen LogP contribution in [0.1, 0.15) is 38.2 Å². The number of thiazole rings is 1. The van der Waals surface area contributed by atoms with Crippen LogP contribution >= 0.6 is 11.3 Å². The molecule has 1 spiro atoms. The molecule has 2 aromatic rings. The number of amides is 4. The number of aryl methyl sites for hydroxylation is 1. The number of rotatable bonds is 4. The van der Waals surface area contributed by atoms with Crippen LogP contribution in [-0.2, 0) is 9.59 Å². The molecule has 4 amide bonds. The van der Waals surface area contributed by atoms with Crippen LogP contribution in [0.3, 0.4) is 0 Å². The molecule has 1 saturated carbocycles. The second kappa shape index (κ2) is 6.60. The van der Waals surface area contributed by atoms with E-state index in [0.29, 0.717) is 24.5 Å². The number of para-hydroxylation sites is 1. The molecule has 2 aliphatic rings. The molecule has 7 nitrogen and oxygen atoms in total. The van der Waals surface area contributed by atoms with Gasteiger partial charge in [-0.25, -0.2) is 9.78 Å². The van der Waals surface area contributed by atoms with Crippen molar-refractivity contribution in [3.05, 3.63) is 23.8 Å². The van der Waals surface area contributed by atoms with Crippen molar-refractivity contribution in [3.8, 4) is 0 Å². The topological polar surface area (TPSA) is 82.6 Å². The molecule has 0 bridgehead atoms. The molecule has 1 aliphatic carbocycles. The van der Waals surface area contributed by atoms with E-state index in [0.717, 1.165) is 33.5 Å². The Morgan fingerprint density at radius 3 is 2.74 bits per heavy atom.